The Hall–Kier alpha value is -3.33. The van der Waals surface area contributed by atoms with Crippen molar-refractivity contribution in [2.24, 2.45) is 5.92 Å². The quantitative estimate of drug-likeness (QED) is 0.481. The minimum atomic E-state index is -5.08. The number of hydrogen-bond acceptors (Lipinski definition) is 7. The summed E-state index contributed by atoms with van der Waals surface area (Å²) >= 11 is 0. The van der Waals surface area contributed by atoms with Gasteiger partial charge in [-0.2, -0.15) is 26.3 Å². The first-order valence-electron chi connectivity index (χ1n) is 10.9. The molecule has 0 amide bonds. The Labute approximate surface area is 207 Å². The predicted molar refractivity (Wildman–Crippen MR) is 115 cm³/mol. The fourth-order valence-corrected chi connectivity index (χ4v) is 3.87. The Morgan fingerprint density at radius 1 is 1.05 bits per heavy atom. The number of aromatic nitrogens is 1. The van der Waals surface area contributed by atoms with Crippen LogP contribution < -0.4 is 5.32 Å². The van der Waals surface area contributed by atoms with Gasteiger partial charge in [0.2, 0.25) is 0 Å². The number of carbonyl (C=O) groups is 2. The molecule has 1 aliphatic carbocycles. The van der Waals surface area contributed by atoms with E-state index >= 15 is 0 Å². The van der Waals surface area contributed by atoms with Crippen LogP contribution >= 0.6 is 0 Å². The second-order valence-corrected chi connectivity index (χ2v) is 8.02. The van der Waals surface area contributed by atoms with Crippen LogP contribution in [0.3, 0.4) is 0 Å². The molecule has 3 heterocycles. The molecule has 2 aromatic heterocycles. The molecule has 0 aromatic carbocycles. The van der Waals surface area contributed by atoms with Gasteiger partial charge in [-0.3, -0.25) is 9.88 Å². The van der Waals surface area contributed by atoms with Crippen molar-refractivity contribution < 1.29 is 55.3 Å². The van der Waals surface area contributed by atoms with Crippen LogP contribution in [0, 0.1) is 5.92 Å². The summed E-state index contributed by atoms with van der Waals surface area (Å²) in [7, 11) is 0. The summed E-state index contributed by atoms with van der Waals surface area (Å²) in [5.74, 6) is -3.91. The maximum atomic E-state index is 10.6. The molecule has 1 saturated heterocycles. The summed E-state index contributed by atoms with van der Waals surface area (Å²) in [6.45, 7) is 3.64. The second-order valence-electron chi connectivity index (χ2n) is 8.02. The summed E-state index contributed by atoms with van der Waals surface area (Å²) in [4.78, 5) is 24.5. The van der Waals surface area contributed by atoms with Gasteiger partial charge in [-0.25, -0.2) is 9.59 Å². The van der Waals surface area contributed by atoms with Crippen molar-refractivity contribution >= 4 is 17.6 Å². The summed E-state index contributed by atoms with van der Waals surface area (Å²) in [6, 6.07) is 8.55. The maximum Gasteiger partial charge on any atom is 0.490 e. The monoisotopic (exact) mass is 541 g/mol. The van der Waals surface area contributed by atoms with Gasteiger partial charge in [-0.05, 0) is 37.1 Å². The molecule has 2 fully saturated rings. The van der Waals surface area contributed by atoms with Crippen LogP contribution in [-0.4, -0.2) is 76.2 Å². The van der Waals surface area contributed by atoms with Gasteiger partial charge < -0.3 is 24.7 Å². The van der Waals surface area contributed by atoms with Crippen molar-refractivity contribution in [3.63, 3.8) is 0 Å². The summed E-state index contributed by atoms with van der Waals surface area (Å²) < 4.78 is 75.1. The summed E-state index contributed by atoms with van der Waals surface area (Å²) in [6.07, 6.45) is -2.02. The van der Waals surface area contributed by atoms with Crippen LogP contribution in [-0.2, 0) is 20.9 Å². The first-order valence-corrected chi connectivity index (χ1v) is 10.9. The molecule has 37 heavy (non-hydrogen) atoms. The molecular weight excluding hydrogens is 516 g/mol. The van der Waals surface area contributed by atoms with Crippen LogP contribution in [0.1, 0.15) is 18.6 Å². The number of fused-ring (bicyclic) bond motifs is 1. The van der Waals surface area contributed by atoms with E-state index in [1.165, 1.54) is 12.8 Å². The molecule has 1 aliphatic heterocycles. The van der Waals surface area contributed by atoms with Gasteiger partial charge in [0.1, 0.15) is 5.76 Å². The van der Waals surface area contributed by atoms with Crippen LogP contribution in [0.2, 0.25) is 0 Å². The number of carboxylic acids is 2. The zero-order valence-corrected chi connectivity index (χ0v) is 19.2. The lowest BCUT2D eigenvalue weighted by molar-refractivity contribution is -0.193. The van der Waals surface area contributed by atoms with Crippen LogP contribution in [0.5, 0.6) is 0 Å². The van der Waals surface area contributed by atoms with E-state index in [-0.39, 0.29) is 0 Å². The van der Waals surface area contributed by atoms with Crippen molar-refractivity contribution in [2.45, 2.75) is 43.9 Å². The Morgan fingerprint density at radius 3 is 2.22 bits per heavy atom. The number of hydrogen-bond donors (Lipinski definition) is 3. The topological polar surface area (TPSA) is 125 Å². The minimum absolute atomic E-state index is 0.322. The molecule has 3 atom stereocenters. The number of halogens is 6. The Bertz CT molecular complexity index is 948. The first-order chi connectivity index (χ1) is 17.3. The van der Waals surface area contributed by atoms with Crippen molar-refractivity contribution in [1.29, 1.82) is 0 Å². The lowest BCUT2D eigenvalue weighted by atomic mass is 10.0. The van der Waals surface area contributed by atoms with Crippen molar-refractivity contribution in [2.75, 3.05) is 25.0 Å². The zero-order chi connectivity index (χ0) is 27.6. The summed E-state index contributed by atoms with van der Waals surface area (Å²) in [5, 5.41) is 17.8. The van der Waals surface area contributed by atoms with E-state index in [2.05, 4.69) is 27.3 Å². The second kappa shape index (κ2) is 13.3. The highest BCUT2D eigenvalue weighted by Crippen LogP contribution is 2.35. The highest BCUT2D eigenvalue weighted by atomic mass is 19.4. The number of furan rings is 1. The molecule has 1 saturated carbocycles. The molecule has 2 aliphatic rings. The van der Waals surface area contributed by atoms with E-state index in [0.717, 1.165) is 37.7 Å². The number of morpholine rings is 1. The minimum Gasteiger partial charge on any atom is -0.475 e. The van der Waals surface area contributed by atoms with Crippen LogP contribution in [0.25, 0.3) is 0 Å². The number of alkyl halides is 6. The molecule has 0 radical (unpaired) electrons. The molecule has 3 unspecified atom stereocenters. The molecule has 9 nitrogen and oxygen atoms in total. The van der Waals surface area contributed by atoms with E-state index in [0.29, 0.717) is 18.1 Å². The van der Waals surface area contributed by atoms with Crippen LogP contribution in [0.15, 0.2) is 47.3 Å². The van der Waals surface area contributed by atoms with Crippen molar-refractivity contribution in [1.82, 2.24) is 9.88 Å². The molecule has 206 valence electrons. The molecule has 15 heteroatoms. The molecule has 0 spiro atoms. The lowest BCUT2D eigenvalue weighted by Crippen LogP contribution is -2.50. The maximum absolute atomic E-state index is 10.6. The van der Waals surface area contributed by atoms with Gasteiger partial charge >= 0.3 is 24.3 Å². The number of carboxylic acid groups (broad SMARTS) is 2. The molecule has 3 N–H and O–H groups in total. The third-order valence-corrected chi connectivity index (χ3v) is 5.49. The molecule has 2 aromatic rings. The predicted octanol–water partition coefficient (Wildman–Crippen LogP) is 4.03. The molecule has 0 bridgehead atoms. The van der Waals surface area contributed by atoms with Gasteiger partial charge in [0, 0.05) is 37.4 Å². The Kier molecular flexibility index (Phi) is 10.7. The van der Waals surface area contributed by atoms with Crippen molar-refractivity contribution in [3.05, 3.63) is 48.7 Å². The van der Waals surface area contributed by atoms with Crippen molar-refractivity contribution in [3.8, 4) is 0 Å². The first kappa shape index (κ1) is 29.9. The van der Waals surface area contributed by atoms with Gasteiger partial charge in [-0.1, -0.05) is 0 Å². The number of pyridine rings is 1. The van der Waals surface area contributed by atoms with E-state index in [1.54, 1.807) is 12.5 Å². The highest BCUT2D eigenvalue weighted by Gasteiger charge is 2.42. The third-order valence-electron chi connectivity index (χ3n) is 5.49. The number of nitrogens with zero attached hydrogens (tertiary/aromatic N) is 2. The summed E-state index contributed by atoms with van der Waals surface area (Å²) in [5.41, 5.74) is 1.08. The fraction of sp³-hybridized carbons (Fsp3) is 0.500. The third kappa shape index (κ3) is 9.92. The number of nitrogens with one attached hydrogen (secondary N) is 1. The van der Waals surface area contributed by atoms with Crippen LogP contribution in [0.4, 0.5) is 32.0 Å². The SMILES string of the molecule is O=C(O)C(F)(F)F.O=C(O)C(F)(F)F.c1cncc(NCC2CCC3C2OCCN3Cc2ccco2)c1. The number of aliphatic carboxylic acids is 2. The standard InChI is InChI=1S/C18H23N3O2.2C2HF3O2/c1-3-15(12-19-7-1)20-11-14-5-6-17-18(14)23-10-8-21(17)13-16-4-2-9-22-16;2*3-2(4,5)1(6)7/h1-4,7,9,12,14,17-18,20H,5-6,8,10-11,13H2;2*(H,6,7). The molecule has 4 rings (SSSR count). The van der Waals surface area contributed by atoms with E-state index in [9.17, 15) is 26.3 Å². The number of anilines is 1. The normalized spacial score (nSPS) is 21.5. The van der Waals surface area contributed by atoms with E-state index in [1.807, 2.05) is 18.3 Å². The van der Waals surface area contributed by atoms with Gasteiger partial charge in [0.05, 0.1) is 31.2 Å². The Morgan fingerprint density at radius 2 is 1.70 bits per heavy atom. The van der Waals surface area contributed by atoms with Gasteiger partial charge in [0.25, 0.3) is 0 Å². The number of rotatable bonds is 5. The average molecular weight is 541 g/mol. The smallest absolute Gasteiger partial charge is 0.475 e. The zero-order valence-electron chi connectivity index (χ0n) is 19.2. The highest BCUT2D eigenvalue weighted by molar-refractivity contribution is 5.73. The molecular formula is C22H25F6N3O6. The average Bonchev–Trinajstić information content (AvgIpc) is 3.48. The van der Waals surface area contributed by atoms with Gasteiger partial charge in [0.15, 0.2) is 0 Å². The number of ether oxygens (including phenoxy) is 1. The van der Waals surface area contributed by atoms with E-state index < -0.39 is 24.3 Å². The Balaban J connectivity index is 0.000000286. The lowest BCUT2D eigenvalue weighted by Gasteiger charge is -2.39. The van der Waals surface area contributed by atoms with Gasteiger partial charge in [-0.15, -0.1) is 0 Å². The fourth-order valence-electron chi connectivity index (χ4n) is 3.87. The largest absolute Gasteiger partial charge is 0.490 e. The van der Waals surface area contributed by atoms with E-state index in [4.69, 9.17) is 29.0 Å².